The Bertz CT molecular complexity index is 434. The molecule has 3 N–H and O–H groups in total. The van der Waals surface area contributed by atoms with Gasteiger partial charge >= 0.3 is 0 Å². The highest BCUT2D eigenvalue weighted by molar-refractivity contribution is 5.92. The average molecular weight is 275 g/mol. The molecule has 110 valence electrons. The molecule has 0 amide bonds. The zero-order chi connectivity index (χ0) is 14.5. The van der Waals surface area contributed by atoms with Crippen LogP contribution in [0.5, 0.6) is 0 Å². The van der Waals surface area contributed by atoms with Crippen LogP contribution in [0.2, 0.25) is 0 Å². The van der Waals surface area contributed by atoms with Gasteiger partial charge in [0.2, 0.25) is 0 Å². The van der Waals surface area contributed by atoms with Gasteiger partial charge in [0.15, 0.2) is 0 Å². The molecule has 0 unspecified atom stereocenters. The van der Waals surface area contributed by atoms with Crippen LogP contribution in [-0.2, 0) is 0 Å². The second kappa shape index (κ2) is 6.68. The van der Waals surface area contributed by atoms with E-state index in [1.54, 1.807) is 12.4 Å². The number of hydrogen-bond acceptors (Lipinski definition) is 4. The summed E-state index contributed by atoms with van der Waals surface area (Å²) in [6, 6.07) is 0.589. The molecule has 1 aliphatic rings. The third kappa shape index (κ3) is 3.68. The Morgan fingerprint density at radius 3 is 2.55 bits per heavy atom. The highest BCUT2D eigenvalue weighted by atomic mass is 15.2. The maximum atomic E-state index is 7.38. The Morgan fingerprint density at radius 2 is 2.05 bits per heavy atom. The average Bonchev–Trinajstić information content (AvgIpc) is 2.93. The first-order valence-electron chi connectivity index (χ1n) is 7.51. The van der Waals surface area contributed by atoms with Gasteiger partial charge in [-0.15, -0.1) is 0 Å². The first-order valence-corrected chi connectivity index (χ1v) is 7.51. The van der Waals surface area contributed by atoms with E-state index < -0.39 is 0 Å². The summed E-state index contributed by atoms with van der Waals surface area (Å²) < 4.78 is 0. The van der Waals surface area contributed by atoms with Crippen molar-refractivity contribution < 1.29 is 0 Å². The van der Waals surface area contributed by atoms with Crippen molar-refractivity contribution in [2.24, 2.45) is 11.7 Å². The Hall–Kier alpha value is -1.65. The Labute approximate surface area is 121 Å². The SMILES string of the molecule is CC(C)CCN(c1cnc(C(=N)N)cn1)C1CCCC1. The number of nitrogens with one attached hydrogen (secondary N) is 1. The Kier molecular flexibility index (Phi) is 4.93. The van der Waals surface area contributed by atoms with Crippen molar-refractivity contribution in [2.75, 3.05) is 11.4 Å². The highest BCUT2D eigenvalue weighted by Gasteiger charge is 2.24. The first kappa shape index (κ1) is 14.8. The van der Waals surface area contributed by atoms with E-state index in [1.165, 1.54) is 25.7 Å². The molecule has 0 spiro atoms. The summed E-state index contributed by atoms with van der Waals surface area (Å²) in [7, 11) is 0. The second-order valence-corrected chi connectivity index (χ2v) is 5.99. The zero-order valence-corrected chi connectivity index (χ0v) is 12.5. The highest BCUT2D eigenvalue weighted by Crippen LogP contribution is 2.27. The molecule has 0 aromatic carbocycles. The maximum Gasteiger partial charge on any atom is 0.147 e. The summed E-state index contributed by atoms with van der Waals surface area (Å²) in [5, 5.41) is 7.38. The van der Waals surface area contributed by atoms with Gasteiger partial charge in [-0.1, -0.05) is 26.7 Å². The molecule has 1 aliphatic carbocycles. The van der Waals surface area contributed by atoms with Crippen LogP contribution in [0.4, 0.5) is 5.82 Å². The van der Waals surface area contributed by atoms with Crippen molar-refractivity contribution in [3.05, 3.63) is 18.1 Å². The van der Waals surface area contributed by atoms with Crippen LogP contribution in [0, 0.1) is 11.3 Å². The largest absolute Gasteiger partial charge is 0.382 e. The van der Waals surface area contributed by atoms with Crippen molar-refractivity contribution >= 4 is 11.7 Å². The van der Waals surface area contributed by atoms with Crippen molar-refractivity contribution in [3.63, 3.8) is 0 Å². The zero-order valence-electron chi connectivity index (χ0n) is 12.5. The van der Waals surface area contributed by atoms with Gasteiger partial charge in [-0.2, -0.15) is 0 Å². The molecule has 0 saturated heterocycles. The minimum atomic E-state index is -0.0290. The molecule has 0 aliphatic heterocycles. The van der Waals surface area contributed by atoms with Gasteiger partial charge in [0, 0.05) is 12.6 Å². The number of amidine groups is 1. The number of rotatable bonds is 6. The lowest BCUT2D eigenvalue weighted by molar-refractivity contribution is 0.524. The molecule has 1 heterocycles. The van der Waals surface area contributed by atoms with E-state index in [0.717, 1.165) is 18.8 Å². The van der Waals surface area contributed by atoms with Gasteiger partial charge in [0.25, 0.3) is 0 Å². The fourth-order valence-corrected chi connectivity index (χ4v) is 2.71. The molecule has 1 fully saturated rings. The van der Waals surface area contributed by atoms with Crippen molar-refractivity contribution in [1.82, 2.24) is 9.97 Å². The van der Waals surface area contributed by atoms with Gasteiger partial charge in [-0.25, -0.2) is 9.97 Å². The minimum absolute atomic E-state index is 0.0290. The molecular weight excluding hydrogens is 250 g/mol. The lowest BCUT2D eigenvalue weighted by atomic mass is 10.1. The van der Waals surface area contributed by atoms with E-state index in [4.69, 9.17) is 11.1 Å². The number of nitrogens with two attached hydrogens (primary N) is 1. The standard InChI is InChI=1S/C15H25N5/c1-11(2)7-8-20(12-5-3-4-6-12)14-10-18-13(9-19-14)15(16)17/h9-12H,3-8H2,1-2H3,(H3,16,17). The molecule has 1 aromatic rings. The number of nitrogens with zero attached hydrogens (tertiary/aromatic N) is 3. The maximum absolute atomic E-state index is 7.38. The summed E-state index contributed by atoms with van der Waals surface area (Å²) in [5.74, 6) is 1.57. The molecular formula is C15H25N5. The Balaban J connectivity index is 2.13. The van der Waals surface area contributed by atoms with Gasteiger partial charge in [-0.05, 0) is 25.2 Å². The van der Waals surface area contributed by atoms with Gasteiger partial charge in [0.05, 0.1) is 12.4 Å². The first-order chi connectivity index (χ1) is 9.58. The fourth-order valence-electron chi connectivity index (χ4n) is 2.71. The predicted octanol–water partition coefficient (Wildman–Crippen LogP) is 2.56. The summed E-state index contributed by atoms with van der Waals surface area (Å²) in [4.78, 5) is 11.1. The van der Waals surface area contributed by atoms with Gasteiger partial charge in [-0.3, -0.25) is 5.41 Å². The van der Waals surface area contributed by atoms with E-state index in [9.17, 15) is 0 Å². The smallest absolute Gasteiger partial charge is 0.147 e. The topological polar surface area (TPSA) is 78.9 Å². The molecule has 20 heavy (non-hydrogen) atoms. The predicted molar refractivity (Wildman–Crippen MR) is 82.1 cm³/mol. The molecule has 5 nitrogen and oxygen atoms in total. The molecule has 0 bridgehead atoms. The van der Waals surface area contributed by atoms with Crippen LogP contribution in [0.1, 0.15) is 51.6 Å². The summed E-state index contributed by atoms with van der Waals surface area (Å²) >= 11 is 0. The fraction of sp³-hybridized carbons (Fsp3) is 0.667. The molecule has 5 heteroatoms. The monoisotopic (exact) mass is 275 g/mol. The second-order valence-electron chi connectivity index (χ2n) is 5.99. The third-order valence-electron chi connectivity index (χ3n) is 3.92. The Morgan fingerprint density at radius 1 is 1.35 bits per heavy atom. The van der Waals surface area contributed by atoms with Crippen LogP contribution in [-0.4, -0.2) is 28.4 Å². The number of aromatic nitrogens is 2. The van der Waals surface area contributed by atoms with Crippen LogP contribution >= 0.6 is 0 Å². The summed E-state index contributed by atoms with van der Waals surface area (Å²) in [6.07, 6.45) is 9.63. The van der Waals surface area contributed by atoms with Gasteiger partial charge < -0.3 is 10.6 Å². The quantitative estimate of drug-likeness (QED) is 0.617. The third-order valence-corrected chi connectivity index (χ3v) is 3.92. The lowest BCUT2D eigenvalue weighted by Crippen LogP contribution is -2.35. The van der Waals surface area contributed by atoms with Crippen LogP contribution < -0.4 is 10.6 Å². The lowest BCUT2D eigenvalue weighted by Gasteiger charge is -2.30. The van der Waals surface area contributed by atoms with E-state index in [-0.39, 0.29) is 5.84 Å². The minimum Gasteiger partial charge on any atom is -0.382 e. The van der Waals surface area contributed by atoms with Crippen LogP contribution in [0.3, 0.4) is 0 Å². The molecule has 0 atom stereocenters. The van der Waals surface area contributed by atoms with Crippen LogP contribution in [0.15, 0.2) is 12.4 Å². The van der Waals surface area contributed by atoms with E-state index in [0.29, 0.717) is 17.7 Å². The summed E-state index contributed by atoms with van der Waals surface area (Å²) in [6.45, 7) is 5.52. The van der Waals surface area contributed by atoms with Crippen molar-refractivity contribution in [1.29, 1.82) is 5.41 Å². The van der Waals surface area contributed by atoms with E-state index in [1.807, 2.05) is 0 Å². The van der Waals surface area contributed by atoms with Crippen molar-refractivity contribution in [3.8, 4) is 0 Å². The van der Waals surface area contributed by atoms with E-state index in [2.05, 4.69) is 28.7 Å². The number of nitrogen functional groups attached to an aromatic ring is 1. The molecule has 0 radical (unpaired) electrons. The van der Waals surface area contributed by atoms with E-state index >= 15 is 0 Å². The normalized spacial score (nSPS) is 15.8. The van der Waals surface area contributed by atoms with Crippen molar-refractivity contribution in [2.45, 2.75) is 52.0 Å². The van der Waals surface area contributed by atoms with Crippen LogP contribution in [0.25, 0.3) is 0 Å². The summed E-state index contributed by atoms with van der Waals surface area (Å²) in [5.41, 5.74) is 5.88. The molecule has 1 saturated carbocycles. The molecule has 2 rings (SSSR count). The number of hydrogen-bond donors (Lipinski definition) is 2. The number of anilines is 1. The molecule has 1 aromatic heterocycles. The van der Waals surface area contributed by atoms with Gasteiger partial charge in [0.1, 0.15) is 17.3 Å².